The van der Waals surface area contributed by atoms with Gasteiger partial charge >= 0.3 is 0 Å². The normalized spacial score (nSPS) is 15.2. The lowest BCUT2D eigenvalue weighted by atomic mass is 10.1. The summed E-state index contributed by atoms with van der Waals surface area (Å²) in [4.78, 5) is 42.3. The molecule has 1 aliphatic rings. The number of carbonyl (C=O) groups is 3. The van der Waals surface area contributed by atoms with Gasteiger partial charge in [-0.25, -0.2) is 9.29 Å². The first kappa shape index (κ1) is 24.9. The largest absolute Gasteiger partial charge is 0.493 e. The lowest BCUT2D eigenvalue weighted by molar-refractivity contribution is -0.122. The van der Waals surface area contributed by atoms with Crippen LogP contribution in [-0.4, -0.2) is 49.4 Å². The first-order valence-corrected chi connectivity index (χ1v) is 11.5. The molecule has 3 aromatic carbocycles. The van der Waals surface area contributed by atoms with Gasteiger partial charge in [0.15, 0.2) is 11.5 Å². The molecule has 0 saturated carbocycles. The van der Waals surface area contributed by atoms with Gasteiger partial charge in [0.05, 0.1) is 26.3 Å². The Morgan fingerprint density at radius 2 is 1.64 bits per heavy atom. The highest BCUT2D eigenvalue weighted by atomic mass is 19.1. The van der Waals surface area contributed by atoms with Crippen molar-refractivity contribution in [2.24, 2.45) is 0 Å². The summed E-state index contributed by atoms with van der Waals surface area (Å²) in [5.74, 6) is -0.631. The van der Waals surface area contributed by atoms with Gasteiger partial charge in [-0.2, -0.15) is 0 Å². The lowest BCUT2D eigenvalue weighted by Crippen LogP contribution is -2.46. The van der Waals surface area contributed by atoms with E-state index in [2.05, 4.69) is 0 Å². The number of hydrogen-bond acceptors (Lipinski definition) is 5. The zero-order valence-electron chi connectivity index (χ0n) is 20.4. The molecular formula is C28H27FN2O5. The molecule has 0 aliphatic carbocycles. The molecule has 0 aromatic heterocycles. The van der Waals surface area contributed by atoms with Crippen LogP contribution >= 0.6 is 0 Å². The quantitative estimate of drug-likeness (QED) is 0.443. The molecule has 0 radical (unpaired) electrons. The number of halogens is 1. The maximum absolute atomic E-state index is 13.6. The van der Waals surface area contributed by atoms with Gasteiger partial charge in [-0.15, -0.1) is 0 Å². The van der Waals surface area contributed by atoms with Crippen LogP contribution in [0, 0.1) is 12.7 Å². The third-order valence-corrected chi connectivity index (χ3v) is 6.23. The molecule has 0 N–H and O–H groups in total. The molecule has 36 heavy (non-hydrogen) atoms. The zero-order chi connectivity index (χ0) is 25.8. The number of hydrogen-bond donors (Lipinski definition) is 0. The minimum absolute atomic E-state index is 0.153. The molecule has 1 unspecified atom stereocenters. The summed E-state index contributed by atoms with van der Waals surface area (Å²) in [6.45, 7) is 2.12. The predicted octanol–water partition coefficient (Wildman–Crippen LogP) is 4.17. The van der Waals surface area contributed by atoms with E-state index < -0.39 is 23.7 Å². The van der Waals surface area contributed by atoms with Crippen molar-refractivity contribution >= 4 is 23.4 Å². The topological polar surface area (TPSA) is 76.2 Å². The van der Waals surface area contributed by atoms with Crippen LogP contribution in [0.3, 0.4) is 0 Å². The predicted molar refractivity (Wildman–Crippen MR) is 133 cm³/mol. The maximum atomic E-state index is 13.6. The SMILES string of the molecule is COc1ccc(CCN(C(=O)c2ccc(C)cc2)C2CC(=O)N(c3ccc(F)cc3)C2=O)cc1OC. The van der Waals surface area contributed by atoms with Crippen LogP contribution in [-0.2, 0) is 16.0 Å². The summed E-state index contributed by atoms with van der Waals surface area (Å²) in [5.41, 5.74) is 2.57. The Hall–Kier alpha value is -4.20. The molecule has 1 saturated heterocycles. The van der Waals surface area contributed by atoms with Crippen molar-refractivity contribution in [3.05, 3.63) is 89.2 Å². The molecule has 3 amide bonds. The van der Waals surface area contributed by atoms with Crippen molar-refractivity contribution in [3.63, 3.8) is 0 Å². The second-order valence-corrected chi connectivity index (χ2v) is 8.57. The van der Waals surface area contributed by atoms with E-state index in [1.807, 2.05) is 31.2 Å². The number of methoxy groups -OCH3 is 2. The fraction of sp³-hybridized carbons (Fsp3) is 0.250. The van der Waals surface area contributed by atoms with E-state index in [0.29, 0.717) is 23.5 Å². The van der Waals surface area contributed by atoms with Gasteiger partial charge in [0.2, 0.25) is 5.91 Å². The monoisotopic (exact) mass is 490 g/mol. The Bertz CT molecular complexity index is 1270. The van der Waals surface area contributed by atoms with E-state index in [9.17, 15) is 18.8 Å². The number of benzene rings is 3. The molecule has 0 bridgehead atoms. The smallest absolute Gasteiger partial charge is 0.257 e. The van der Waals surface area contributed by atoms with Gasteiger partial charge < -0.3 is 14.4 Å². The van der Waals surface area contributed by atoms with E-state index in [1.54, 1.807) is 32.4 Å². The Kier molecular flexibility index (Phi) is 7.33. The molecule has 1 aliphatic heterocycles. The Morgan fingerprint density at radius 3 is 2.28 bits per heavy atom. The summed E-state index contributed by atoms with van der Waals surface area (Å²) >= 11 is 0. The number of rotatable bonds is 8. The molecule has 7 nitrogen and oxygen atoms in total. The number of aryl methyl sites for hydroxylation is 1. The van der Waals surface area contributed by atoms with E-state index in [0.717, 1.165) is 16.0 Å². The standard InChI is InChI=1S/C28H27FN2O5/c1-18-4-7-20(8-5-18)27(33)30(15-14-19-6-13-24(35-2)25(16-19)36-3)23-17-26(32)31(28(23)34)22-11-9-21(29)10-12-22/h4-13,16,23H,14-15,17H2,1-3H3. The number of nitrogens with zero attached hydrogens (tertiary/aromatic N) is 2. The van der Waals surface area contributed by atoms with Crippen LogP contribution < -0.4 is 14.4 Å². The van der Waals surface area contributed by atoms with Gasteiger partial charge in [-0.05, 0) is 67.4 Å². The van der Waals surface area contributed by atoms with E-state index in [-0.39, 0.29) is 24.6 Å². The van der Waals surface area contributed by atoms with Gasteiger partial charge in [0, 0.05) is 12.1 Å². The summed E-state index contributed by atoms with van der Waals surface area (Å²) in [6, 6.07) is 16.7. The fourth-order valence-electron chi connectivity index (χ4n) is 4.27. The van der Waals surface area contributed by atoms with Crippen LogP contribution in [0.2, 0.25) is 0 Å². The van der Waals surface area contributed by atoms with E-state index in [4.69, 9.17) is 9.47 Å². The van der Waals surface area contributed by atoms with E-state index >= 15 is 0 Å². The summed E-state index contributed by atoms with van der Waals surface area (Å²) < 4.78 is 24.1. The molecule has 8 heteroatoms. The Morgan fingerprint density at radius 1 is 0.972 bits per heavy atom. The second kappa shape index (κ2) is 10.6. The highest BCUT2D eigenvalue weighted by Gasteiger charge is 2.44. The van der Waals surface area contributed by atoms with E-state index in [1.165, 1.54) is 29.2 Å². The third-order valence-electron chi connectivity index (χ3n) is 6.23. The second-order valence-electron chi connectivity index (χ2n) is 8.57. The molecule has 0 spiro atoms. The van der Waals surface area contributed by atoms with Crippen molar-refractivity contribution in [3.8, 4) is 11.5 Å². The fourth-order valence-corrected chi connectivity index (χ4v) is 4.27. The first-order valence-electron chi connectivity index (χ1n) is 11.5. The Balaban J connectivity index is 1.63. The molecule has 1 heterocycles. The Labute approximate surface area is 209 Å². The number of ether oxygens (including phenoxy) is 2. The van der Waals surface area contributed by atoms with Crippen LogP contribution in [0.15, 0.2) is 66.7 Å². The van der Waals surface area contributed by atoms with Gasteiger partial charge in [-0.3, -0.25) is 14.4 Å². The maximum Gasteiger partial charge on any atom is 0.257 e. The van der Waals surface area contributed by atoms with Crippen LogP contribution in [0.1, 0.15) is 27.9 Å². The van der Waals surface area contributed by atoms with Crippen LogP contribution in [0.25, 0.3) is 0 Å². The highest BCUT2D eigenvalue weighted by Crippen LogP contribution is 2.30. The molecule has 1 fully saturated rings. The van der Waals surface area contributed by atoms with Crippen molar-refractivity contribution in [1.82, 2.24) is 4.90 Å². The molecule has 186 valence electrons. The summed E-state index contributed by atoms with van der Waals surface area (Å²) in [7, 11) is 3.09. The van der Waals surface area contributed by atoms with Gasteiger partial charge in [0.1, 0.15) is 11.9 Å². The van der Waals surface area contributed by atoms with Crippen molar-refractivity contribution in [2.45, 2.75) is 25.8 Å². The van der Waals surface area contributed by atoms with Crippen molar-refractivity contribution in [2.75, 3.05) is 25.7 Å². The lowest BCUT2D eigenvalue weighted by Gasteiger charge is -2.28. The van der Waals surface area contributed by atoms with Crippen molar-refractivity contribution in [1.29, 1.82) is 0 Å². The van der Waals surface area contributed by atoms with Crippen molar-refractivity contribution < 1.29 is 28.2 Å². The number of anilines is 1. The summed E-state index contributed by atoms with van der Waals surface area (Å²) in [5, 5.41) is 0. The minimum Gasteiger partial charge on any atom is -0.493 e. The number of imide groups is 1. The average molecular weight is 491 g/mol. The molecule has 1 atom stereocenters. The molecular weight excluding hydrogens is 463 g/mol. The zero-order valence-corrected chi connectivity index (χ0v) is 20.4. The number of carbonyl (C=O) groups excluding carboxylic acids is 3. The molecule has 3 aromatic rings. The van der Waals surface area contributed by atoms with Gasteiger partial charge in [0.25, 0.3) is 11.8 Å². The highest BCUT2D eigenvalue weighted by molar-refractivity contribution is 6.23. The number of amides is 3. The van der Waals surface area contributed by atoms with Crippen LogP contribution in [0.4, 0.5) is 10.1 Å². The first-order chi connectivity index (χ1) is 17.3. The summed E-state index contributed by atoms with van der Waals surface area (Å²) in [6.07, 6.45) is 0.270. The van der Waals surface area contributed by atoms with Crippen LogP contribution in [0.5, 0.6) is 11.5 Å². The third kappa shape index (κ3) is 5.07. The molecule has 4 rings (SSSR count). The van der Waals surface area contributed by atoms with Gasteiger partial charge in [-0.1, -0.05) is 23.8 Å². The minimum atomic E-state index is -0.975. The average Bonchev–Trinajstić information content (AvgIpc) is 3.18.